The molecule has 0 fully saturated rings. The van der Waals surface area contributed by atoms with Crippen LogP contribution in [0.5, 0.6) is 0 Å². The third-order valence-corrected chi connectivity index (χ3v) is 3.95. The van der Waals surface area contributed by atoms with Crippen LogP contribution < -0.4 is 5.73 Å². The second kappa shape index (κ2) is 5.42. The minimum absolute atomic E-state index is 0.658. The van der Waals surface area contributed by atoms with Gasteiger partial charge in [-0.3, -0.25) is 0 Å². The van der Waals surface area contributed by atoms with E-state index >= 15 is 0 Å². The molecule has 0 radical (unpaired) electrons. The Kier molecular flexibility index (Phi) is 3.63. The molecule has 3 aromatic rings. The predicted octanol–water partition coefficient (Wildman–Crippen LogP) is 4.65. The number of hydrogen-bond acceptors (Lipinski definition) is 2. The Morgan fingerprint density at radius 1 is 0.950 bits per heavy atom. The van der Waals surface area contributed by atoms with Gasteiger partial charge < -0.3 is 5.73 Å². The van der Waals surface area contributed by atoms with E-state index in [-0.39, 0.29) is 0 Å². The van der Waals surface area contributed by atoms with E-state index in [0.29, 0.717) is 5.69 Å². The van der Waals surface area contributed by atoms with Gasteiger partial charge in [-0.15, -0.1) is 0 Å². The van der Waals surface area contributed by atoms with Crippen LogP contribution in [0.2, 0.25) is 0 Å². The first-order valence-electron chi connectivity index (χ1n) is 6.00. The zero-order valence-corrected chi connectivity index (χ0v) is 13.6. The standard InChI is InChI=1S/C15H11Br2N3/c16-11-4-6-13(7-5-11)20-9-14(18)15(19-20)10-2-1-3-12(17)8-10/h1-9H,18H2. The van der Waals surface area contributed by atoms with Gasteiger partial charge in [-0.2, -0.15) is 5.10 Å². The lowest BCUT2D eigenvalue weighted by Crippen LogP contribution is -1.94. The lowest BCUT2D eigenvalue weighted by molar-refractivity contribution is 0.884. The fraction of sp³-hybridized carbons (Fsp3) is 0. The Balaban J connectivity index is 2.05. The van der Waals surface area contributed by atoms with E-state index in [1.54, 1.807) is 4.68 Å². The molecule has 0 unspecified atom stereocenters. The number of anilines is 1. The minimum atomic E-state index is 0.658. The second-order valence-electron chi connectivity index (χ2n) is 4.36. The highest BCUT2D eigenvalue weighted by Crippen LogP contribution is 2.27. The van der Waals surface area contributed by atoms with Crippen molar-refractivity contribution in [3.05, 3.63) is 63.7 Å². The molecule has 0 saturated heterocycles. The lowest BCUT2D eigenvalue weighted by Gasteiger charge is -2.01. The number of nitrogens with two attached hydrogens (primary N) is 1. The summed E-state index contributed by atoms with van der Waals surface area (Å²) in [6, 6.07) is 15.9. The van der Waals surface area contributed by atoms with Crippen LogP contribution in [0.1, 0.15) is 0 Å². The van der Waals surface area contributed by atoms with Crippen LogP contribution in [0.4, 0.5) is 5.69 Å². The van der Waals surface area contributed by atoms with Crippen LogP contribution in [0.15, 0.2) is 63.7 Å². The van der Waals surface area contributed by atoms with Crippen molar-refractivity contribution in [1.29, 1.82) is 0 Å². The molecule has 3 nitrogen and oxygen atoms in total. The molecule has 20 heavy (non-hydrogen) atoms. The van der Waals surface area contributed by atoms with Gasteiger partial charge in [-0.1, -0.05) is 44.0 Å². The highest BCUT2D eigenvalue weighted by Gasteiger charge is 2.09. The van der Waals surface area contributed by atoms with E-state index in [1.807, 2.05) is 54.7 Å². The van der Waals surface area contributed by atoms with Crippen LogP contribution in [-0.2, 0) is 0 Å². The van der Waals surface area contributed by atoms with Gasteiger partial charge in [0.05, 0.1) is 17.6 Å². The van der Waals surface area contributed by atoms with Crippen LogP contribution in [0, 0.1) is 0 Å². The monoisotopic (exact) mass is 391 g/mol. The number of nitrogens with zero attached hydrogens (tertiary/aromatic N) is 2. The van der Waals surface area contributed by atoms with Gasteiger partial charge >= 0.3 is 0 Å². The van der Waals surface area contributed by atoms with Crippen molar-refractivity contribution in [3.63, 3.8) is 0 Å². The maximum absolute atomic E-state index is 6.08. The summed E-state index contributed by atoms with van der Waals surface area (Å²) in [5.74, 6) is 0. The zero-order valence-electron chi connectivity index (χ0n) is 10.4. The zero-order chi connectivity index (χ0) is 14.1. The van der Waals surface area contributed by atoms with Gasteiger partial charge in [0, 0.05) is 14.5 Å². The quantitative estimate of drug-likeness (QED) is 0.689. The van der Waals surface area contributed by atoms with E-state index in [4.69, 9.17) is 5.73 Å². The number of nitrogen functional groups attached to an aromatic ring is 1. The third-order valence-electron chi connectivity index (χ3n) is 2.93. The molecule has 2 N–H and O–H groups in total. The summed E-state index contributed by atoms with van der Waals surface area (Å²) in [6.07, 6.45) is 1.83. The summed E-state index contributed by atoms with van der Waals surface area (Å²) < 4.78 is 3.83. The van der Waals surface area contributed by atoms with Crippen molar-refractivity contribution in [2.75, 3.05) is 5.73 Å². The van der Waals surface area contributed by atoms with Gasteiger partial charge in [0.2, 0.25) is 0 Å². The van der Waals surface area contributed by atoms with E-state index in [1.165, 1.54) is 0 Å². The molecule has 1 heterocycles. The molecular formula is C15H11Br2N3. The van der Waals surface area contributed by atoms with Gasteiger partial charge in [-0.05, 0) is 36.4 Å². The highest BCUT2D eigenvalue weighted by atomic mass is 79.9. The Morgan fingerprint density at radius 2 is 1.70 bits per heavy atom. The van der Waals surface area contributed by atoms with Crippen LogP contribution in [0.25, 0.3) is 16.9 Å². The molecule has 100 valence electrons. The summed E-state index contributed by atoms with van der Waals surface area (Å²) in [5.41, 5.74) is 9.49. The third kappa shape index (κ3) is 2.64. The van der Waals surface area contributed by atoms with Gasteiger partial charge in [-0.25, -0.2) is 4.68 Å². The van der Waals surface area contributed by atoms with Crippen molar-refractivity contribution in [3.8, 4) is 16.9 Å². The molecule has 2 aromatic carbocycles. The summed E-state index contributed by atoms with van der Waals surface area (Å²) in [5, 5.41) is 4.58. The fourth-order valence-electron chi connectivity index (χ4n) is 1.97. The molecule has 0 aliphatic carbocycles. The van der Waals surface area contributed by atoms with E-state index in [2.05, 4.69) is 37.0 Å². The number of benzene rings is 2. The molecule has 3 rings (SSSR count). The van der Waals surface area contributed by atoms with Crippen LogP contribution >= 0.6 is 31.9 Å². The average Bonchev–Trinajstić information content (AvgIpc) is 2.82. The fourth-order valence-corrected chi connectivity index (χ4v) is 2.64. The van der Waals surface area contributed by atoms with Crippen molar-refractivity contribution in [2.24, 2.45) is 0 Å². The molecule has 0 bridgehead atoms. The number of aromatic nitrogens is 2. The first kappa shape index (κ1) is 13.4. The van der Waals surface area contributed by atoms with Crippen molar-refractivity contribution < 1.29 is 0 Å². The SMILES string of the molecule is Nc1cn(-c2ccc(Br)cc2)nc1-c1cccc(Br)c1. The van der Waals surface area contributed by atoms with Crippen molar-refractivity contribution >= 4 is 37.5 Å². The molecule has 0 aliphatic heterocycles. The molecular weight excluding hydrogens is 382 g/mol. The van der Waals surface area contributed by atoms with Gasteiger partial charge in [0.25, 0.3) is 0 Å². The van der Waals surface area contributed by atoms with Gasteiger partial charge in [0.15, 0.2) is 0 Å². The summed E-state index contributed by atoms with van der Waals surface area (Å²) >= 11 is 6.89. The molecule has 0 spiro atoms. The maximum atomic E-state index is 6.08. The maximum Gasteiger partial charge on any atom is 0.116 e. The number of rotatable bonds is 2. The summed E-state index contributed by atoms with van der Waals surface area (Å²) in [4.78, 5) is 0. The minimum Gasteiger partial charge on any atom is -0.396 e. The normalized spacial score (nSPS) is 10.7. The first-order valence-corrected chi connectivity index (χ1v) is 7.59. The number of hydrogen-bond donors (Lipinski definition) is 1. The topological polar surface area (TPSA) is 43.8 Å². The Morgan fingerprint density at radius 3 is 2.40 bits per heavy atom. The average molecular weight is 393 g/mol. The number of halogens is 2. The Hall–Kier alpha value is -1.59. The van der Waals surface area contributed by atoms with Crippen LogP contribution in [-0.4, -0.2) is 9.78 Å². The molecule has 1 aromatic heterocycles. The summed E-state index contributed by atoms with van der Waals surface area (Å²) in [7, 11) is 0. The summed E-state index contributed by atoms with van der Waals surface area (Å²) in [6.45, 7) is 0. The predicted molar refractivity (Wildman–Crippen MR) is 88.8 cm³/mol. The Bertz CT molecular complexity index is 748. The van der Waals surface area contributed by atoms with Crippen molar-refractivity contribution in [2.45, 2.75) is 0 Å². The highest BCUT2D eigenvalue weighted by molar-refractivity contribution is 9.10. The van der Waals surface area contributed by atoms with Gasteiger partial charge in [0.1, 0.15) is 5.69 Å². The molecule has 5 heteroatoms. The van der Waals surface area contributed by atoms with E-state index in [0.717, 1.165) is 25.9 Å². The van der Waals surface area contributed by atoms with E-state index < -0.39 is 0 Å². The van der Waals surface area contributed by atoms with E-state index in [9.17, 15) is 0 Å². The largest absolute Gasteiger partial charge is 0.396 e. The first-order chi connectivity index (χ1) is 9.63. The Labute approximate surface area is 133 Å². The molecule has 0 amide bonds. The smallest absolute Gasteiger partial charge is 0.116 e. The molecule has 0 saturated carbocycles. The van der Waals surface area contributed by atoms with Crippen molar-refractivity contribution in [1.82, 2.24) is 9.78 Å². The molecule has 0 aliphatic rings. The second-order valence-corrected chi connectivity index (χ2v) is 6.20. The van der Waals surface area contributed by atoms with Crippen LogP contribution in [0.3, 0.4) is 0 Å². The lowest BCUT2D eigenvalue weighted by atomic mass is 10.1. The molecule has 0 atom stereocenters.